The molecule has 1 heterocycles. The minimum atomic E-state index is -0.431. The number of fused-ring (bicyclic) bond motifs is 1. The van der Waals surface area contributed by atoms with Crippen LogP contribution in [0, 0.1) is 5.92 Å². The van der Waals surface area contributed by atoms with Gasteiger partial charge in [0.2, 0.25) is 11.8 Å². The van der Waals surface area contributed by atoms with Crippen LogP contribution in [-0.4, -0.2) is 28.8 Å². The number of carbonyl (C=O) groups is 2. The molecule has 3 N–H and O–H groups in total. The topological polar surface area (TPSA) is 75.4 Å². The standard InChI is InChI=1S/C19H27N3O2/c1-4-13(2)17(21-14(3)19(20)24)9-10-18(23)22-11-15-7-5-6-8-16(15)12-22/h5-10,13-14,17,21H,4,11-12H2,1-3H3,(H2,20,24)/b10-9+/t13-,14-,17+/m0/s1. The first-order chi connectivity index (χ1) is 11.4. The van der Waals surface area contributed by atoms with Crippen molar-refractivity contribution in [2.45, 2.75) is 52.4 Å². The summed E-state index contributed by atoms with van der Waals surface area (Å²) in [7, 11) is 0. The van der Waals surface area contributed by atoms with Crippen LogP contribution < -0.4 is 11.1 Å². The van der Waals surface area contributed by atoms with Gasteiger partial charge >= 0.3 is 0 Å². The third kappa shape index (κ3) is 4.45. The summed E-state index contributed by atoms with van der Waals surface area (Å²) >= 11 is 0. The summed E-state index contributed by atoms with van der Waals surface area (Å²) in [5.74, 6) is -0.0994. The lowest BCUT2D eigenvalue weighted by Gasteiger charge is -2.24. The second kappa shape index (κ2) is 8.11. The quantitative estimate of drug-likeness (QED) is 0.751. The highest BCUT2D eigenvalue weighted by molar-refractivity contribution is 5.88. The molecule has 3 atom stereocenters. The summed E-state index contributed by atoms with van der Waals surface area (Å²) in [6.45, 7) is 7.22. The molecule has 5 heteroatoms. The fraction of sp³-hybridized carbons (Fsp3) is 0.474. The molecule has 24 heavy (non-hydrogen) atoms. The van der Waals surface area contributed by atoms with E-state index in [0.29, 0.717) is 19.0 Å². The molecule has 0 aliphatic carbocycles. The van der Waals surface area contributed by atoms with Gasteiger partial charge in [0.1, 0.15) is 0 Å². The van der Waals surface area contributed by atoms with Crippen molar-refractivity contribution >= 4 is 11.8 Å². The monoisotopic (exact) mass is 329 g/mol. The lowest BCUT2D eigenvalue weighted by atomic mass is 9.97. The number of benzene rings is 1. The molecule has 0 fully saturated rings. The van der Waals surface area contributed by atoms with Crippen molar-refractivity contribution in [3.8, 4) is 0 Å². The molecule has 0 radical (unpaired) electrons. The predicted molar refractivity (Wildman–Crippen MR) is 94.9 cm³/mol. The maximum absolute atomic E-state index is 12.5. The number of nitrogens with zero attached hydrogens (tertiary/aromatic N) is 1. The van der Waals surface area contributed by atoms with Gasteiger partial charge in [-0.3, -0.25) is 14.9 Å². The number of nitrogens with two attached hydrogens (primary N) is 1. The second-order valence-electron chi connectivity index (χ2n) is 6.52. The van der Waals surface area contributed by atoms with Gasteiger partial charge in [0.25, 0.3) is 0 Å². The molecule has 0 spiro atoms. The third-order valence-corrected chi connectivity index (χ3v) is 4.72. The van der Waals surface area contributed by atoms with E-state index < -0.39 is 11.9 Å². The molecule has 0 unspecified atom stereocenters. The zero-order valence-corrected chi connectivity index (χ0v) is 14.7. The van der Waals surface area contributed by atoms with E-state index in [4.69, 9.17) is 5.73 Å². The van der Waals surface area contributed by atoms with Crippen LogP contribution in [0.15, 0.2) is 36.4 Å². The number of rotatable bonds is 7. The molecule has 130 valence electrons. The normalized spacial score (nSPS) is 17.5. The summed E-state index contributed by atoms with van der Waals surface area (Å²) in [4.78, 5) is 25.6. The van der Waals surface area contributed by atoms with Crippen LogP contribution in [0.5, 0.6) is 0 Å². The summed E-state index contributed by atoms with van der Waals surface area (Å²) in [5.41, 5.74) is 7.74. The highest BCUT2D eigenvalue weighted by atomic mass is 16.2. The Labute approximate surface area is 143 Å². The first-order valence-electron chi connectivity index (χ1n) is 8.51. The third-order valence-electron chi connectivity index (χ3n) is 4.72. The van der Waals surface area contributed by atoms with Gasteiger partial charge in [0, 0.05) is 25.2 Å². The Balaban J connectivity index is 2.01. The lowest BCUT2D eigenvalue weighted by molar-refractivity contribution is -0.126. The Bertz CT molecular complexity index is 602. The maximum Gasteiger partial charge on any atom is 0.246 e. The van der Waals surface area contributed by atoms with Gasteiger partial charge < -0.3 is 10.6 Å². The average Bonchev–Trinajstić information content (AvgIpc) is 3.01. The summed E-state index contributed by atoms with van der Waals surface area (Å²) in [6, 6.07) is 7.62. The summed E-state index contributed by atoms with van der Waals surface area (Å²) < 4.78 is 0. The van der Waals surface area contributed by atoms with Gasteiger partial charge in [0.05, 0.1) is 6.04 Å². The van der Waals surface area contributed by atoms with Crippen molar-refractivity contribution in [1.82, 2.24) is 10.2 Å². The Morgan fingerprint density at radius 2 is 1.83 bits per heavy atom. The highest BCUT2D eigenvalue weighted by Gasteiger charge is 2.22. The van der Waals surface area contributed by atoms with Crippen molar-refractivity contribution in [3.05, 3.63) is 47.5 Å². The molecule has 0 bridgehead atoms. The first kappa shape index (κ1) is 18.2. The van der Waals surface area contributed by atoms with Crippen LogP contribution in [0.4, 0.5) is 0 Å². The Morgan fingerprint density at radius 3 is 2.33 bits per heavy atom. The fourth-order valence-electron chi connectivity index (χ4n) is 2.81. The van der Waals surface area contributed by atoms with Crippen molar-refractivity contribution in [1.29, 1.82) is 0 Å². The Hall–Kier alpha value is -2.14. The summed E-state index contributed by atoms with van der Waals surface area (Å²) in [5, 5.41) is 3.20. The van der Waals surface area contributed by atoms with E-state index in [1.165, 1.54) is 11.1 Å². The van der Waals surface area contributed by atoms with Crippen LogP contribution in [0.2, 0.25) is 0 Å². The number of hydrogen-bond donors (Lipinski definition) is 2. The lowest BCUT2D eigenvalue weighted by Crippen LogP contribution is -2.46. The molecule has 0 saturated heterocycles. The maximum atomic E-state index is 12.5. The molecule has 1 aliphatic heterocycles. The van der Waals surface area contributed by atoms with Gasteiger partial charge in [-0.2, -0.15) is 0 Å². The minimum Gasteiger partial charge on any atom is -0.368 e. The first-order valence-corrected chi connectivity index (χ1v) is 8.51. The largest absolute Gasteiger partial charge is 0.368 e. The van der Waals surface area contributed by atoms with E-state index in [-0.39, 0.29) is 11.9 Å². The zero-order chi connectivity index (χ0) is 17.7. The van der Waals surface area contributed by atoms with Crippen LogP contribution in [0.25, 0.3) is 0 Å². The Morgan fingerprint density at radius 1 is 1.25 bits per heavy atom. The number of hydrogen-bond acceptors (Lipinski definition) is 3. The second-order valence-corrected chi connectivity index (χ2v) is 6.52. The van der Waals surface area contributed by atoms with Gasteiger partial charge in [-0.15, -0.1) is 0 Å². The van der Waals surface area contributed by atoms with Gasteiger partial charge in [-0.05, 0) is 24.0 Å². The smallest absolute Gasteiger partial charge is 0.246 e. The highest BCUT2D eigenvalue weighted by Crippen LogP contribution is 2.22. The van der Waals surface area contributed by atoms with Crippen molar-refractivity contribution < 1.29 is 9.59 Å². The van der Waals surface area contributed by atoms with Crippen molar-refractivity contribution in [2.24, 2.45) is 11.7 Å². The molecule has 5 nitrogen and oxygen atoms in total. The van der Waals surface area contributed by atoms with Crippen LogP contribution in [-0.2, 0) is 22.7 Å². The van der Waals surface area contributed by atoms with Gasteiger partial charge in [0.15, 0.2) is 0 Å². The van der Waals surface area contributed by atoms with E-state index in [1.54, 1.807) is 13.0 Å². The zero-order valence-electron chi connectivity index (χ0n) is 14.7. The van der Waals surface area contributed by atoms with Gasteiger partial charge in [-0.25, -0.2) is 0 Å². The molecule has 1 aromatic carbocycles. The summed E-state index contributed by atoms with van der Waals surface area (Å²) in [6.07, 6.45) is 4.42. The molecular formula is C19H27N3O2. The molecule has 0 aromatic heterocycles. The van der Waals surface area contributed by atoms with Crippen LogP contribution in [0.1, 0.15) is 38.3 Å². The molecule has 2 rings (SSSR count). The van der Waals surface area contributed by atoms with Gasteiger partial charge in [-0.1, -0.05) is 50.6 Å². The van der Waals surface area contributed by atoms with Crippen molar-refractivity contribution in [3.63, 3.8) is 0 Å². The van der Waals surface area contributed by atoms with E-state index in [9.17, 15) is 9.59 Å². The van der Waals surface area contributed by atoms with E-state index in [0.717, 1.165) is 6.42 Å². The number of carbonyl (C=O) groups excluding carboxylic acids is 2. The van der Waals surface area contributed by atoms with Crippen molar-refractivity contribution in [2.75, 3.05) is 0 Å². The number of primary amides is 1. The molecule has 1 aliphatic rings. The van der Waals surface area contributed by atoms with E-state index in [2.05, 4.69) is 31.3 Å². The number of nitrogens with one attached hydrogen (secondary N) is 1. The predicted octanol–water partition coefficient (Wildman–Crippen LogP) is 1.96. The fourth-order valence-corrected chi connectivity index (χ4v) is 2.81. The van der Waals surface area contributed by atoms with Crippen LogP contribution >= 0.6 is 0 Å². The minimum absolute atomic E-state index is 0.00645. The molecule has 2 amide bonds. The molecular weight excluding hydrogens is 302 g/mol. The SMILES string of the molecule is CC[C@H](C)[C@@H](/C=C/C(=O)N1Cc2ccccc2C1)N[C@@H](C)C(N)=O. The Kier molecular flexibility index (Phi) is 6.15. The van der Waals surface area contributed by atoms with Crippen LogP contribution in [0.3, 0.4) is 0 Å². The number of amides is 2. The average molecular weight is 329 g/mol. The van der Waals surface area contributed by atoms with E-state index >= 15 is 0 Å². The molecule has 1 aromatic rings. The van der Waals surface area contributed by atoms with E-state index in [1.807, 2.05) is 23.1 Å². The molecule has 0 saturated carbocycles.